The minimum atomic E-state index is -0.0337. The molecule has 0 spiro atoms. The standard InChI is InChI=1S/C19H24N4O2/c1-13-7-10-23(11-8-13)18(24)15-6-9-20-19(21-15)22-16-12-14(2)4-5-17(16)25-3/h4-6,9,12-13H,7-8,10-11H2,1-3H3,(H,20,21,22). The highest BCUT2D eigenvalue weighted by atomic mass is 16.5. The number of methoxy groups -OCH3 is 1. The van der Waals surface area contributed by atoms with Crippen LogP contribution in [0.4, 0.5) is 11.6 Å². The Bertz CT molecular complexity index is 755. The Morgan fingerprint density at radius 2 is 2.04 bits per heavy atom. The van der Waals surface area contributed by atoms with Gasteiger partial charge in [-0.1, -0.05) is 13.0 Å². The van der Waals surface area contributed by atoms with Gasteiger partial charge in [0.2, 0.25) is 5.95 Å². The Balaban J connectivity index is 1.78. The molecule has 0 atom stereocenters. The van der Waals surface area contributed by atoms with Gasteiger partial charge in [0.15, 0.2) is 0 Å². The van der Waals surface area contributed by atoms with E-state index < -0.39 is 0 Å². The van der Waals surface area contributed by atoms with E-state index in [4.69, 9.17) is 4.74 Å². The molecule has 6 heteroatoms. The summed E-state index contributed by atoms with van der Waals surface area (Å²) in [6.45, 7) is 5.81. The number of ether oxygens (including phenoxy) is 1. The van der Waals surface area contributed by atoms with E-state index >= 15 is 0 Å². The highest BCUT2D eigenvalue weighted by Crippen LogP contribution is 2.27. The fraction of sp³-hybridized carbons (Fsp3) is 0.421. The van der Waals surface area contributed by atoms with Crippen LogP contribution in [-0.2, 0) is 0 Å². The summed E-state index contributed by atoms with van der Waals surface area (Å²) in [5.41, 5.74) is 2.29. The molecule has 6 nitrogen and oxygen atoms in total. The third-order valence-electron chi connectivity index (χ3n) is 4.55. The van der Waals surface area contributed by atoms with Crippen molar-refractivity contribution in [3.63, 3.8) is 0 Å². The summed E-state index contributed by atoms with van der Waals surface area (Å²) in [6.07, 6.45) is 3.70. The van der Waals surface area contributed by atoms with E-state index in [1.807, 2.05) is 30.0 Å². The summed E-state index contributed by atoms with van der Waals surface area (Å²) < 4.78 is 5.36. The van der Waals surface area contributed by atoms with Crippen LogP contribution in [0.2, 0.25) is 0 Å². The van der Waals surface area contributed by atoms with Crippen molar-refractivity contribution in [3.8, 4) is 5.75 Å². The number of nitrogens with zero attached hydrogens (tertiary/aromatic N) is 3. The third-order valence-corrected chi connectivity index (χ3v) is 4.55. The van der Waals surface area contributed by atoms with Gasteiger partial charge in [0.05, 0.1) is 12.8 Å². The smallest absolute Gasteiger partial charge is 0.272 e. The molecular formula is C19H24N4O2. The minimum Gasteiger partial charge on any atom is -0.495 e. The number of aromatic nitrogens is 2. The molecule has 1 saturated heterocycles. The van der Waals surface area contributed by atoms with Gasteiger partial charge in [0.25, 0.3) is 5.91 Å². The maximum Gasteiger partial charge on any atom is 0.272 e. The normalized spacial score (nSPS) is 15.1. The lowest BCUT2D eigenvalue weighted by Gasteiger charge is -2.30. The molecule has 0 aliphatic carbocycles. The van der Waals surface area contributed by atoms with E-state index in [0.717, 1.165) is 37.2 Å². The second-order valence-electron chi connectivity index (χ2n) is 6.57. The topological polar surface area (TPSA) is 67.3 Å². The minimum absolute atomic E-state index is 0.0337. The molecule has 1 aromatic carbocycles. The van der Waals surface area contributed by atoms with Gasteiger partial charge in [-0.2, -0.15) is 0 Å². The first-order chi connectivity index (χ1) is 12.1. The van der Waals surface area contributed by atoms with Gasteiger partial charge < -0.3 is 15.0 Å². The van der Waals surface area contributed by atoms with E-state index in [9.17, 15) is 4.79 Å². The summed E-state index contributed by atoms with van der Waals surface area (Å²) in [6, 6.07) is 7.49. The largest absolute Gasteiger partial charge is 0.495 e. The number of anilines is 2. The zero-order chi connectivity index (χ0) is 17.8. The lowest BCUT2D eigenvalue weighted by molar-refractivity contribution is 0.0691. The summed E-state index contributed by atoms with van der Waals surface area (Å²) in [7, 11) is 1.62. The number of rotatable bonds is 4. The quantitative estimate of drug-likeness (QED) is 0.924. The van der Waals surface area contributed by atoms with Crippen LogP contribution in [0.1, 0.15) is 35.8 Å². The summed E-state index contributed by atoms with van der Waals surface area (Å²) in [5, 5.41) is 3.15. The third kappa shape index (κ3) is 4.07. The highest BCUT2D eigenvalue weighted by molar-refractivity contribution is 5.92. The molecule has 0 unspecified atom stereocenters. The number of nitrogens with one attached hydrogen (secondary N) is 1. The van der Waals surface area contributed by atoms with Crippen molar-refractivity contribution in [1.29, 1.82) is 0 Å². The molecule has 0 bridgehead atoms. The molecule has 1 aliphatic rings. The van der Waals surface area contributed by atoms with Crippen molar-refractivity contribution < 1.29 is 9.53 Å². The molecule has 0 radical (unpaired) electrons. The van der Waals surface area contributed by atoms with E-state index in [1.54, 1.807) is 19.4 Å². The number of aryl methyl sites for hydroxylation is 1. The lowest BCUT2D eigenvalue weighted by Crippen LogP contribution is -2.38. The Labute approximate surface area is 148 Å². The van der Waals surface area contributed by atoms with Crippen molar-refractivity contribution in [1.82, 2.24) is 14.9 Å². The first-order valence-corrected chi connectivity index (χ1v) is 8.61. The van der Waals surface area contributed by atoms with Crippen LogP contribution in [0.15, 0.2) is 30.5 Å². The number of piperidine rings is 1. The molecule has 3 rings (SSSR count). The second kappa shape index (κ2) is 7.51. The van der Waals surface area contributed by atoms with Crippen molar-refractivity contribution in [2.24, 2.45) is 5.92 Å². The predicted octanol–water partition coefficient (Wildman–Crippen LogP) is 3.41. The number of benzene rings is 1. The molecule has 2 aromatic rings. The van der Waals surface area contributed by atoms with Crippen molar-refractivity contribution in [2.45, 2.75) is 26.7 Å². The molecule has 1 aliphatic heterocycles. The molecule has 132 valence electrons. The first kappa shape index (κ1) is 17.2. The summed E-state index contributed by atoms with van der Waals surface area (Å²) in [5.74, 6) is 1.74. The average Bonchev–Trinajstić information content (AvgIpc) is 2.62. The molecule has 1 fully saturated rings. The maximum atomic E-state index is 12.7. The SMILES string of the molecule is COc1ccc(C)cc1Nc1nccc(C(=O)N2CCC(C)CC2)n1. The summed E-state index contributed by atoms with van der Waals surface area (Å²) in [4.78, 5) is 23.2. The monoisotopic (exact) mass is 340 g/mol. The maximum absolute atomic E-state index is 12.7. The fourth-order valence-electron chi connectivity index (χ4n) is 2.95. The van der Waals surface area contributed by atoms with E-state index in [-0.39, 0.29) is 5.91 Å². The Morgan fingerprint density at radius 1 is 1.28 bits per heavy atom. The Hall–Kier alpha value is -2.63. The molecule has 1 aromatic heterocycles. The van der Waals surface area contributed by atoms with Gasteiger partial charge in [0, 0.05) is 19.3 Å². The Kier molecular flexibility index (Phi) is 5.16. The van der Waals surface area contributed by atoms with Crippen LogP contribution < -0.4 is 10.1 Å². The first-order valence-electron chi connectivity index (χ1n) is 8.61. The molecule has 25 heavy (non-hydrogen) atoms. The van der Waals surface area contributed by atoms with Crippen molar-refractivity contribution in [3.05, 3.63) is 41.7 Å². The zero-order valence-corrected chi connectivity index (χ0v) is 15.0. The average molecular weight is 340 g/mol. The molecule has 2 heterocycles. The number of amides is 1. The van der Waals surface area contributed by atoms with Crippen LogP contribution in [-0.4, -0.2) is 41.0 Å². The number of hydrogen-bond acceptors (Lipinski definition) is 5. The molecule has 0 saturated carbocycles. The van der Waals surface area contributed by atoms with Crippen molar-refractivity contribution >= 4 is 17.5 Å². The number of carbonyl (C=O) groups is 1. The second-order valence-corrected chi connectivity index (χ2v) is 6.57. The van der Waals surface area contributed by atoms with E-state index in [2.05, 4.69) is 22.2 Å². The molecular weight excluding hydrogens is 316 g/mol. The van der Waals surface area contributed by atoms with E-state index in [1.165, 1.54) is 0 Å². The number of likely N-dealkylation sites (tertiary alicyclic amines) is 1. The van der Waals surface area contributed by atoms with Crippen LogP contribution >= 0.6 is 0 Å². The van der Waals surface area contributed by atoms with Gasteiger partial charge in [-0.3, -0.25) is 4.79 Å². The molecule has 1 amide bonds. The van der Waals surface area contributed by atoms with Gasteiger partial charge in [-0.05, 0) is 49.4 Å². The van der Waals surface area contributed by atoms with Gasteiger partial charge in [0.1, 0.15) is 11.4 Å². The highest BCUT2D eigenvalue weighted by Gasteiger charge is 2.22. The lowest BCUT2D eigenvalue weighted by atomic mass is 9.99. The molecule has 1 N–H and O–H groups in total. The van der Waals surface area contributed by atoms with Gasteiger partial charge >= 0.3 is 0 Å². The zero-order valence-electron chi connectivity index (χ0n) is 15.0. The van der Waals surface area contributed by atoms with E-state index in [0.29, 0.717) is 23.3 Å². The summed E-state index contributed by atoms with van der Waals surface area (Å²) >= 11 is 0. The van der Waals surface area contributed by atoms with Gasteiger partial charge in [-0.15, -0.1) is 0 Å². The number of carbonyl (C=O) groups excluding carboxylic acids is 1. The fourth-order valence-corrected chi connectivity index (χ4v) is 2.95. The van der Waals surface area contributed by atoms with Crippen LogP contribution in [0.5, 0.6) is 5.75 Å². The number of hydrogen-bond donors (Lipinski definition) is 1. The predicted molar refractivity (Wildman–Crippen MR) is 97.3 cm³/mol. The Morgan fingerprint density at radius 3 is 2.76 bits per heavy atom. The van der Waals surface area contributed by atoms with Crippen LogP contribution in [0, 0.1) is 12.8 Å². The van der Waals surface area contributed by atoms with Crippen LogP contribution in [0.3, 0.4) is 0 Å². The van der Waals surface area contributed by atoms with Crippen molar-refractivity contribution in [2.75, 3.05) is 25.5 Å². The van der Waals surface area contributed by atoms with Gasteiger partial charge in [-0.25, -0.2) is 9.97 Å². The van der Waals surface area contributed by atoms with Crippen LogP contribution in [0.25, 0.3) is 0 Å².